The maximum Gasteiger partial charge on any atom is 0.170 e. The maximum atomic E-state index is 6.04. The van der Waals surface area contributed by atoms with Crippen LogP contribution in [0.3, 0.4) is 0 Å². The van der Waals surface area contributed by atoms with Gasteiger partial charge in [-0.2, -0.15) is 16.5 Å². The van der Waals surface area contributed by atoms with E-state index in [-0.39, 0.29) is 6.17 Å². The van der Waals surface area contributed by atoms with E-state index >= 15 is 0 Å². The molecule has 9 heteroatoms. The zero-order valence-corrected chi connectivity index (χ0v) is 18.3. The smallest absolute Gasteiger partial charge is 0.170 e. The molecule has 0 spiro atoms. The molecule has 2 aromatic rings. The molecule has 0 amide bonds. The average molecular weight is 432 g/mol. The van der Waals surface area contributed by atoms with Crippen molar-refractivity contribution in [1.29, 1.82) is 0 Å². The van der Waals surface area contributed by atoms with Crippen LogP contribution in [0.5, 0.6) is 0 Å². The van der Waals surface area contributed by atoms with Crippen LogP contribution in [0.4, 0.5) is 0 Å². The van der Waals surface area contributed by atoms with E-state index in [1.54, 1.807) is 0 Å². The van der Waals surface area contributed by atoms with Crippen LogP contribution in [0.25, 0.3) is 11.1 Å². The van der Waals surface area contributed by atoms with Gasteiger partial charge in [-0.05, 0) is 35.6 Å². The van der Waals surface area contributed by atoms with Gasteiger partial charge in [-0.15, -0.1) is 0 Å². The van der Waals surface area contributed by atoms with Gasteiger partial charge in [0.15, 0.2) is 12.1 Å². The Balaban J connectivity index is 1.44. The highest BCUT2D eigenvalue weighted by Gasteiger charge is 2.32. The number of aliphatic imine (C=N–C) groups is 2. The van der Waals surface area contributed by atoms with Gasteiger partial charge in [-0.25, -0.2) is 25.8 Å². The first kappa shape index (κ1) is 21.0. The van der Waals surface area contributed by atoms with Gasteiger partial charge in [-0.3, -0.25) is 5.73 Å². The summed E-state index contributed by atoms with van der Waals surface area (Å²) in [5.41, 5.74) is 28.3. The van der Waals surface area contributed by atoms with E-state index in [0.717, 1.165) is 42.2 Å². The molecule has 0 radical (unpaired) electrons. The van der Waals surface area contributed by atoms with E-state index in [0.29, 0.717) is 0 Å². The van der Waals surface area contributed by atoms with Gasteiger partial charge < -0.3 is 0 Å². The third-order valence-corrected chi connectivity index (χ3v) is 5.87. The number of nitrogens with two attached hydrogens (primary N) is 1. The molecule has 1 atom stereocenters. The van der Waals surface area contributed by atoms with Gasteiger partial charge in [0, 0.05) is 17.7 Å². The number of hydrazine groups is 4. The van der Waals surface area contributed by atoms with Crippen molar-refractivity contribution in [1.82, 2.24) is 32.4 Å². The summed E-state index contributed by atoms with van der Waals surface area (Å²) in [6, 6.07) is 17.1. The Hall–Kier alpha value is -2.92. The van der Waals surface area contributed by atoms with Crippen molar-refractivity contribution in [2.75, 3.05) is 0 Å². The van der Waals surface area contributed by atoms with Crippen molar-refractivity contribution in [3.05, 3.63) is 70.9 Å². The summed E-state index contributed by atoms with van der Waals surface area (Å²) in [6.07, 6.45) is 2.26. The average Bonchev–Trinajstić information content (AvgIpc) is 3.47. The minimum Gasteiger partial charge on any atom is -0.296 e. The highest BCUT2D eigenvalue weighted by Crippen LogP contribution is 2.30. The minimum atomic E-state index is -0.438. The van der Waals surface area contributed by atoms with Crippen LogP contribution in [0.2, 0.25) is 0 Å². The number of hydrogen-bond acceptors (Lipinski definition) is 9. The van der Waals surface area contributed by atoms with Crippen LogP contribution in [-0.4, -0.2) is 23.0 Å². The zero-order chi connectivity index (χ0) is 22.1. The molecule has 0 bridgehead atoms. The quantitative estimate of drug-likeness (QED) is 0.414. The van der Waals surface area contributed by atoms with Crippen molar-refractivity contribution in [3.8, 4) is 11.1 Å². The first-order valence-corrected chi connectivity index (χ1v) is 11.0. The van der Waals surface area contributed by atoms with Gasteiger partial charge in [0.2, 0.25) is 0 Å². The largest absolute Gasteiger partial charge is 0.296 e. The van der Waals surface area contributed by atoms with Crippen LogP contribution in [-0.2, 0) is 6.42 Å². The number of rotatable bonds is 6. The second-order valence-corrected chi connectivity index (χ2v) is 8.13. The summed E-state index contributed by atoms with van der Waals surface area (Å²) in [4.78, 5) is 9.48. The molecule has 3 aliphatic rings. The maximum absolute atomic E-state index is 6.04. The van der Waals surface area contributed by atoms with Crippen LogP contribution >= 0.6 is 0 Å². The predicted octanol–water partition coefficient (Wildman–Crippen LogP) is 1.96. The van der Waals surface area contributed by atoms with Gasteiger partial charge in [0.1, 0.15) is 12.0 Å². The molecule has 0 aliphatic carbocycles. The van der Waals surface area contributed by atoms with Crippen LogP contribution in [0.1, 0.15) is 44.0 Å². The van der Waals surface area contributed by atoms with Crippen molar-refractivity contribution in [3.63, 3.8) is 0 Å². The summed E-state index contributed by atoms with van der Waals surface area (Å²) >= 11 is 0. The molecule has 1 unspecified atom stereocenters. The number of fused-ring (bicyclic) bond motifs is 1. The Morgan fingerprint density at radius 3 is 2.53 bits per heavy atom. The number of hydrogen-bond donors (Lipinski definition) is 6. The summed E-state index contributed by atoms with van der Waals surface area (Å²) in [5, 5.41) is 1.91. The number of amidine groups is 2. The summed E-state index contributed by atoms with van der Waals surface area (Å²) < 4.78 is 0. The van der Waals surface area contributed by atoms with Crippen LogP contribution in [0, 0.1) is 0 Å². The van der Waals surface area contributed by atoms with Gasteiger partial charge in [-0.1, -0.05) is 61.9 Å². The lowest BCUT2D eigenvalue weighted by atomic mass is 9.94. The summed E-state index contributed by atoms with van der Waals surface area (Å²) in [7, 11) is 0. The number of allylic oxidation sites excluding steroid dienone is 1. The predicted molar refractivity (Wildman–Crippen MR) is 126 cm³/mol. The van der Waals surface area contributed by atoms with E-state index in [1.807, 2.05) is 11.9 Å². The Kier molecular flexibility index (Phi) is 5.83. The summed E-state index contributed by atoms with van der Waals surface area (Å²) in [5.74, 6) is 1.77. The molecular formula is C23H29N9. The fourth-order valence-electron chi connectivity index (χ4n) is 4.36. The number of benzene rings is 2. The summed E-state index contributed by atoms with van der Waals surface area (Å²) in [6.45, 7) is 4.16. The standard InChI is InChI=1S/C23H29N9/c1-3-6-20-19(22-26-23(24)29-32(22)14(2)25-20)13-15-9-11-16(12-10-15)17-7-4-5-8-18(17)21-27-30-31-28-21/h4-5,7-12,21,23,27-31H,3,6,13,24H2,1-2H3. The molecule has 1 saturated heterocycles. The molecule has 5 rings (SSSR count). The molecule has 0 saturated carbocycles. The molecule has 3 heterocycles. The van der Waals surface area contributed by atoms with Crippen molar-refractivity contribution < 1.29 is 0 Å². The minimum absolute atomic E-state index is 0.0148. The second kappa shape index (κ2) is 8.91. The fourth-order valence-corrected chi connectivity index (χ4v) is 4.36. The lowest BCUT2D eigenvalue weighted by Crippen LogP contribution is -2.48. The third kappa shape index (κ3) is 3.97. The van der Waals surface area contributed by atoms with Gasteiger partial charge in [0.25, 0.3) is 0 Å². The van der Waals surface area contributed by atoms with Crippen molar-refractivity contribution in [2.24, 2.45) is 15.7 Å². The molecule has 32 heavy (non-hydrogen) atoms. The van der Waals surface area contributed by atoms with Crippen molar-refractivity contribution >= 4 is 11.7 Å². The zero-order valence-electron chi connectivity index (χ0n) is 18.3. The molecule has 166 valence electrons. The van der Waals surface area contributed by atoms with E-state index < -0.39 is 6.29 Å². The van der Waals surface area contributed by atoms with Crippen LogP contribution < -0.4 is 33.1 Å². The molecule has 7 N–H and O–H groups in total. The Morgan fingerprint density at radius 1 is 1.03 bits per heavy atom. The van der Waals surface area contributed by atoms with Crippen LogP contribution in [0.15, 0.2) is 69.8 Å². The SMILES string of the molecule is CCCC1=C(Cc2ccc(-c3ccccc3C3NNNN3)cc2)C2=NC(N)NN2C(C)=N1. The monoisotopic (exact) mass is 431 g/mol. The Labute approximate surface area is 187 Å². The molecule has 2 aromatic carbocycles. The molecule has 9 nitrogen and oxygen atoms in total. The second-order valence-electron chi connectivity index (χ2n) is 8.13. The normalized spacial score (nSPS) is 21.1. The first-order valence-electron chi connectivity index (χ1n) is 11.0. The van der Waals surface area contributed by atoms with E-state index in [1.165, 1.54) is 22.3 Å². The highest BCUT2D eigenvalue weighted by molar-refractivity contribution is 6.11. The van der Waals surface area contributed by atoms with E-state index in [2.05, 4.69) is 87.8 Å². The lowest BCUT2D eigenvalue weighted by molar-refractivity contribution is 0.413. The molecule has 0 aromatic heterocycles. The fraction of sp³-hybridized carbons (Fsp3) is 0.304. The van der Waals surface area contributed by atoms with Gasteiger partial charge in [0.05, 0.1) is 0 Å². The van der Waals surface area contributed by atoms with Crippen molar-refractivity contribution in [2.45, 2.75) is 45.6 Å². The third-order valence-electron chi connectivity index (χ3n) is 5.87. The molecular weight excluding hydrogens is 402 g/mol. The Morgan fingerprint density at radius 2 is 1.78 bits per heavy atom. The topological polar surface area (TPSA) is 114 Å². The number of nitrogens with zero attached hydrogens (tertiary/aromatic N) is 3. The molecule has 3 aliphatic heterocycles. The highest BCUT2D eigenvalue weighted by atomic mass is 15.8. The van der Waals surface area contributed by atoms with E-state index in [9.17, 15) is 0 Å². The lowest BCUT2D eigenvalue weighted by Gasteiger charge is -2.27. The number of nitrogens with one attached hydrogen (secondary N) is 5. The molecule has 1 fully saturated rings. The van der Waals surface area contributed by atoms with E-state index in [4.69, 9.17) is 10.7 Å². The van der Waals surface area contributed by atoms with Gasteiger partial charge >= 0.3 is 0 Å². The first-order chi connectivity index (χ1) is 15.6. The Bertz CT molecular complexity index is 1080.